The molecule has 1 N–H and O–H groups in total. The van der Waals surface area contributed by atoms with Crippen molar-refractivity contribution in [3.8, 4) is 0 Å². The Hall–Kier alpha value is -0.770. The van der Waals surface area contributed by atoms with Crippen LogP contribution in [-0.4, -0.2) is 41.8 Å². The fourth-order valence-electron chi connectivity index (χ4n) is 2.33. The van der Waals surface area contributed by atoms with E-state index in [0.717, 1.165) is 38.8 Å². The number of hydrogen-bond donors (Lipinski definition) is 1. The number of ether oxygens (including phenoxy) is 1. The molecule has 0 radical (unpaired) electrons. The lowest BCUT2D eigenvalue weighted by Gasteiger charge is -2.36. The lowest BCUT2D eigenvalue weighted by Crippen LogP contribution is -2.51. The van der Waals surface area contributed by atoms with Gasteiger partial charge in [0.15, 0.2) is 0 Å². The Bertz CT molecular complexity index is 276. The van der Waals surface area contributed by atoms with Gasteiger partial charge in [-0.3, -0.25) is 0 Å². The van der Waals surface area contributed by atoms with Gasteiger partial charge in [0.2, 0.25) is 0 Å². The summed E-state index contributed by atoms with van der Waals surface area (Å²) >= 11 is 0. The van der Waals surface area contributed by atoms with E-state index in [2.05, 4.69) is 5.32 Å². The lowest BCUT2D eigenvalue weighted by atomic mass is 10.1. The summed E-state index contributed by atoms with van der Waals surface area (Å²) in [6.07, 6.45) is 4.39. The predicted octanol–water partition coefficient (Wildman–Crippen LogP) is 2.14. The van der Waals surface area contributed by atoms with Crippen LogP contribution in [0.15, 0.2) is 0 Å². The Morgan fingerprint density at radius 3 is 2.41 bits per heavy atom. The van der Waals surface area contributed by atoms with E-state index in [4.69, 9.17) is 4.74 Å². The molecule has 2 fully saturated rings. The second kappa shape index (κ2) is 4.84. The number of amides is 1. The molecule has 2 aliphatic rings. The number of carbonyl (C=O) groups excluding carboxylic acids is 1. The van der Waals surface area contributed by atoms with E-state index in [1.54, 1.807) is 0 Å². The fraction of sp³-hybridized carbons (Fsp3) is 0.923. The van der Waals surface area contributed by atoms with Crippen LogP contribution >= 0.6 is 0 Å². The van der Waals surface area contributed by atoms with Crippen molar-refractivity contribution in [2.45, 2.75) is 64.1 Å². The van der Waals surface area contributed by atoms with Crippen molar-refractivity contribution in [3.05, 3.63) is 0 Å². The molecular weight excluding hydrogens is 216 g/mol. The Morgan fingerprint density at radius 2 is 1.94 bits per heavy atom. The molecule has 1 aliphatic heterocycles. The first-order valence-electron chi connectivity index (χ1n) is 6.69. The molecule has 0 spiro atoms. The number of hydrogen-bond acceptors (Lipinski definition) is 3. The number of nitrogens with one attached hydrogen (secondary N) is 1. The monoisotopic (exact) mass is 240 g/mol. The Morgan fingerprint density at radius 1 is 1.24 bits per heavy atom. The molecule has 0 aromatic heterocycles. The molecule has 4 heteroatoms. The molecule has 4 nitrogen and oxygen atoms in total. The molecule has 0 bridgehead atoms. The lowest BCUT2D eigenvalue weighted by molar-refractivity contribution is 0.0114. The highest BCUT2D eigenvalue weighted by Crippen LogP contribution is 2.31. The Balaban J connectivity index is 1.98. The summed E-state index contributed by atoms with van der Waals surface area (Å²) in [4.78, 5) is 14.2. The van der Waals surface area contributed by atoms with Crippen LogP contribution < -0.4 is 5.32 Å². The van der Waals surface area contributed by atoms with Crippen molar-refractivity contribution in [2.75, 3.05) is 13.1 Å². The van der Waals surface area contributed by atoms with Gasteiger partial charge in [0.1, 0.15) is 5.60 Å². The van der Waals surface area contributed by atoms with Gasteiger partial charge in [-0.25, -0.2) is 4.79 Å². The molecule has 17 heavy (non-hydrogen) atoms. The minimum Gasteiger partial charge on any atom is -0.444 e. The van der Waals surface area contributed by atoms with E-state index in [1.165, 1.54) is 0 Å². The van der Waals surface area contributed by atoms with E-state index < -0.39 is 5.60 Å². The van der Waals surface area contributed by atoms with Crippen molar-refractivity contribution in [1.82, 2.24) is 10.2 Å². The van der Waals surface area contributed by atoms with Gasteiger partial charge in [-0.1, -0.05) is 0 Å². The molecule has 0 unspecified atom stereocenters. The van der Waals surface area contributed by atoms with Crippen molar-refractivity contribution in [2.24, 2.45) is 0 Å². The second-order valence-corrected chi connectivity index (χ2v) is 6.12. The highest BCUT2D eigenvalue weighted by Gasteiger charge is 2.39. The third-order valence-electron chi connectivity index (χ3n) is 3.21. The van der Waals surface area contributed by atoms with Crippen LogP contribution in [0.1, 0.15) is 46.5 Å². The summed E-state index contributed by atoms with van der Waals surface area (Å²) < 4.78 is 5.51. The third-order valence-corrected chi connectivity index (χ3v) is 3.21. The zero-order valence-corrected chi connectivity index (χ0v) is 11.2. The smallest absolute Gasteiger partial charge is 0.410 e. The molecule has 1 saturated carbocycles. The summed E-state index contributed by atoms with van der Waals surface area (Å²) in [6.45, 7) is 7.76. The number of nitrogens with zero attached hydrogens (tertiary/aromatic N) is 1. The molecule has 1 heterocycles. The summed E-state index contributed by atoms with van der Waals surface area (Å²) in [5.74, 6) is 0. The summed E-state index contributed by atoms with van der Waals surface area (Å²) in [7, 11) is 0. The minimum atomic E-state index is -0.397. The first kappa shape index (κ1) is 12.7. The molecule has 2 rings (SSSR count). The summed E-state index contributed by atoms with van der Waals surface area (Å²) in [5.41, 5.74) is -0.397. The van der Waals surface area contributed by atoms with E-state index in [9.17, 15) is 4.79 Å². The number of piperidine rings is 1. The number of rotatable bonds is 2. The third kappa shape index (κ3) is 3.60. The largest absolute Gasteiger partial charge is 0.444 e. The maximum Gasteiger partial charge on any atom is 0.410 e. The average molecular weight is 240 g/mol. The van der Waals surface area contributed by atoms with Gasteiger partial charge in [-0.2, -0.15) is 0 Å². The van der Waals surface area contributed by atoms with Gasteiger partial charge in [-0.05, 0) is 53.0 Å². The maximum absolute atomic E-state index is 12.2. The van der Waals surface area contributed by atoms with Crippen LogP contribution in [0.25, 0.3) is 0 Å². The van der Waals surface area contributed by atoms with Crippen molar-refractivity contribution in [1.29, 1.82) is 0 Å². The highest BCUT2D eigenvalue weighted by molar-refractivity contribution is 5.69. The van der Waals surface area contributed by atoms with Crippen LogP contribution in [0, 0.1) is 0 Å². The minimum absolute atomic E-state index is 0.131. The Kier molecular flexibility index (Phi) is 3.61. The quantitative estimate of drug-likeness (QED) is 0.804. The SMILES string of the molecule is CC(C)(C)OC(=O)N(C1CC1)[C@@H]1CCCNC1. The van der Waals surface area contributed by atoms with E-state index in [0.29, 0.717) is 12.1 Å². The fourth-order valence-corrected chi connectivity index (χ4v) is 2.33. The molecule has 0 aromatic rings. The first-order valence-corrected chi connectivity index (χ1v) is 6.69. The molecule has 1 saturated heterocycles. The summed E-state index contributed by atoms with van der Waals surface area (Å²) in [5, 5.41) is 3.37. The van der Waals surface area contributed by atoms with Crippen molar-refractivity contribution in [3.63, 3.8) is 0 Å². The van der Waals surface area contributed by atoms with Crippen LogP contribution in [0.3, 0.4) is 0 Å². The van der Waals surface area contributed by atoms with E-state index >= 15 is 0 Å². The maximum atomic E-state index is 12.2. The summed E-state index contributed by atoms with van der Waals surface area (Å²) in [6, 6.07) is 0.751. The van der Waals surface area contributed by atoms with Crippen LogP contribution in [0.2, 0.25) is 0 Å². The first-order chi connectivity index (χ1) is 7.97. The molecule has 98 valence electrons. The molecule has 0 aromatic carbocycles. The van der Waals surface area contributed by atoms with Crippen molar-refractivity contribution < 1.29 is 9.53 Å². The van der Waals surface area contributed by atoms with Crippen LogP contribution in [0.4, 0.5) is 4.79 Å². The van der Waals surface area contributed by atoms with Gasteiger partial charge in [0, 0.05) is 18.6 Å². The zero-order chi connectivity index (χ0) is 12.5. The Labute approximate surface area is 104 Å². The van der Waals surface area contributed by atoms with Gasteiger partial charge in [0.25, 0.3) is 0 Å². The van der Waals surface area contributed by atoms with Crippen molar-refractivity contribution >= 4 is 6.09 Å². The molecule has 1 atom stereocenters. The topological polar surface area (TPSA) is 41.6 Å². The second-order valence-electron chi connectivity index (χ2n) is 6.12. The predicted molar refractivity (Wildman–Crippen MR) is 67.0 cm³/mol. The van der Waals surface area contributed by atoms with E-state index in [-0.39, 0.29) is 6.09 Å². The highest BCUT2D eigenvalue weighted by atomic mass is 16.6. The standard InChI is InChI=1S/C13H24N2O2/c1-13(2,3)17-12(16)15(10-6-7-10)11-5-4-8-14-9-11/h10-11,14H,4-9H2,1-3H3/t11-/m1/s1. The molecular formula is C13H24N2O2. The average Bonchev–Trinajstić information content (AvgIpc) is 3.01. The van der Waals surface area contributed by atoms with E-state index in [1.807, 2.05) is 25.7 Å². The van der Waals surface area contributed by atoms with Gasteiger partial charge >= 0.3 is 6.09 Å². The van der Waals surface area contributed by atoms with Gasteiger partial charge < -0.3 is 15.0 Å². The molecule has 1 amide bonds. The normalized spacial score (nSPS) is 25.5. The molecule has 1 aliphatic carbocycles. The van der Waals surface area contributed by atoms with Crippen LogP contribution in [0.5, 0.6) is 0 Å². The van der Waals surface area contributed by atoms with Crippen LogP contribution in [-0.2, 0) is 4.74 Å². The van der Waals surface area contributed by atoms with Gasteiger partial charge in [-0.15, -0.1) is 0 Å². The zero-order valence-electron chi connectivity index (χ0n) is 11.2. The van der Waals surface area contributed by atoms with Gasteiger partial charge in [0.05, 0.1) is 0 Å². The number of carbonyl (C=O) groups is 1.